The Morgan fingerprint density at radius 1 is 1.35 bits per heavy atom. The van der Waals surface area contributed by atoms with Gasteiger partial charge in [-0.25, -0.2) is 4.79 Å². The predicted octanol–water partition coefficient (Wildman–Crippen LogP) is 3.11. The average molecular weight is 329 g/mol. The number of fused-ring (bicyclic) bond motifs is 1. The zero-order valence-electron chi connectivity index (χ0n) is 13.1. The minimum absolute atomic E-state index is 0.0155. The van der Waals surface area contributed by atoms with Gasteiger partial charge >= 0.3 is 6.03 Å². The fraction of sp³-hybridized carbons (Fsp3) is 0.294. The quantitative estimate of drug-likeness (QED) is 0.806. The number of anilines is 1. The van der Waals surface area contributed by atoms with E-state index >= 15 is 0 Å². The van der Waals surface area contributed by atoms with E-state index in [1.165, 1.54) is 4.88 Å². The summed E-state index contributed by atoms with van der Waals surface area (Å²) >= 11 is 1.68. The molecule has 6 heteroatoms. The van der Waals surface area contributed by atoms with Crippen LogP contribution in [0.3, 0.4) is 0 Å². The monoisotopic (exact) mass is 329 g/mol. The lowest BCUT2D eigenvalue weighted by Crippen LogP contribution is -2.36. The summed E-state index contributed by atoms with van der Waals surface area (Å²) in [5.74, 6) is 0.0155. The number of benzene rings is 1. The van der Waals surface area contributed by atoms with E-state index in [9.17, 15) is 9.59 Å². The third-order valence-electron chi connectivity index (χ3n) is 3.82. The lowest BCUT2D eigenvalue weighted by Gasteiger charge is -2.15. The Morgan fingerprint density at radius 2 is 2.17 bits per heavy atom. The van der Waals surface area contributed by atoms with Crippen molar-refractivity contribution < 1.29 is 9.59 Å². The van der Waals surface area contributed by atoms with Gasteiger partial charge in [-0.1, -0.05) is 12.1 Å². The van der Waals surface area contributed by atoms with Gasteiger partial charge in [-0.15, -0.1) is 11.3 Å². The summed E-state index contributed by atoms with van der Waals surface area (Å²) in [6, 6.07) is 9.54. The molecule has 0 saturated heterocycles. The highest BCUT2D eigenvalue weighted by Crippen LogP contribution is 2.26. The number of urea groups is 1. The van der Waals surface area contributed by atoms with Gasteiger partial charge in [0.2, 0.25) is 5.91 Å². The number of hydrogen-bond donors (Lipinski definition) is 3. The van der Waals surface area contributed by atoms with Crippen molar-refractivity contribution in [2.45, 2.75) is 32.9 Å². The molecule has 5 nitrogen and oxygen atoms in total. The number of carbonyl (C=O) groups is 2. The maximum absolute atomic E-state index is 12.0. The molecule has 0 radical (unpaired) electrons. The van der Waals surface area contributed by atoms with Gasteiger partial charge in [-0.3, -0.25) is 4.79 Å². The SMILES string of the molecule is Cc1ccc(CNC(=O)NC(C)c2ccc3c(c2)CC(=O)N3)s1. The number of hydrogen-bond acceptors (Lipinski definition) is 3. The Morgan fingerprint density at radius 3 is 2.91 bits per heavy atom. The first kappa shape index (κ1) is 15.6. The second-order valence-electron chi connectivity index (χ2n) is 5.70. The molecule has 3 rings (SSSR count). The van der Waals surface area contributed by atoms with Crippen LogP contribution in [0.2, 0.25) is 0 Å². The molecule has 1 aromatic heterocycles. The van der Waals surface area contributed by atoms with Gasteiger partial charge in [0, 0.05) is 15.4 Å². The summed E-state index contributed by atoms with van der Waals surface area (Å²) in [4.78, 5) is 25.8. The first-order valence-corrected chi connectivity index (χ1v) is 8.35. The molecule has 2 aromatic rings. The topological polar surface area (TPSA) is 70.2 Å². The van der Waals surface area contributed by atoms with Gasteiger partial charge in [-0.05, 0) is 43.2 Å². The van der Waals surface area contributed by atoms with Gasteiger partial charge in [0.05, 0.1) is 19.0 Å². The maximum Gasteiger partial charge on any atom is 0.315 e. The highest BCUT2D eigenvalue weighted by molar-refractivity contribution is 7.11. The summed E-state index contributed by atoms with van der Waals surface area (Å²) in [7, 11) is 0. The molecule has 0 spiro atoms. The minimum Gasteiger partial charge on any atom is -0.333 e. The fourth-order valence-corrected chi connectivity index (χ4v) is 3.43. The molecule has 2 heterocycles. The summed E-state index contributed by atoms with van der Waals surface area (Å²) in [6.07, 6.45) is 0.403. The van der Waals surface area contributed by atoms with Crippen molar-refractivity contribution in [2.24, 2.45) is 0 Å². The largest absolute Gasteiger partial charge is 0.333 e. The molecule has 3 N–H and O–H groups in total. The van der Waals surface area contributed by atoms with E-state index < -0.39 is 0 Å². The second kappa shape index (κ2) is 6.42. The smallest absolute Gasteiger partial charge is 0.315 e. The van der Waals surface area contributed by atoms with Crippen molar-refractivity contribution in [3.8, 4) is 0 Å². The zero-order valence-corrected chi connectivity index (χ0v) is 13.9. The Balaban J connectivity index is 1.56. The predicted molar refractivity (Wildman–Crippen MR) is 91.6 cm³/mol. The van der Waals surface area contributed by atoms with Crippen molar-refractivity contribution in [1.82, 2.24) is 10.6 Å². The van der Waals surface area contributed by atoms with Gasteiger partial charge in [-0.2, -0.15) is 0 Å². The van der Waals surface area contributed by atoms with Crippen LogP contribution in [0.5, 0.6) is 0 Å². The number of amides is 3. The van der Waals surface area contributed by atoms with Gasteiger partial charge < -0.3 is 16.0 Å². The molecular formula is C17H19N3O2S. The Kier molecular flexibility index (Phi) is 4.34. The van der Waals surface area contributed by atoms with E-state index in [-0.39, 0.29) is 18.0 Å². The number of aryl methyl sites for hydroxylation is 1. The first-order valence-electron chi connectivity index (χ1n) is 7.53. The van der Waals surface area contributed by atoms with Crippen LogP contribution in [0.25, 0.3) is 0 Å². The molecule has 1 aromatic carbocycles. The van der Waals surface area contributed by atoms with Crippen LogP contribution in [0.15, 0.2) is 30.3 Å². The van der Waals surface area contributed by atoms with E-state index in [0.717, 1.165) is 21.7 Å². The molecular weight excluding hydrogens is 310 g/mol. The van der Waals surface area contributed by atoms with Gasteiger partial charge in [0.15, 0.2) is 0 Å². The number of thiophene rings is 1. The number of nitrogens with one attached hydrogen (secondary N) is 3. The zero-order chi connectivity index (χ0) is 16.4. The summed E-state index contributed by atoms with van der Waals surface area (Å²) in [5.41, 5.74) is 2.83. The Hall–Kier alpha value is -2.34. The van der Waals surface area contributed by atoms with E-state index in [1.807, 2.05) is 44.2 Å². The van der Waals surface area contributed by atoms with Crippen LogP contribution in [0.4, 0.5) is 10.5 Å². The Bertz CT molecular complexity index is 754. The first-order chi connectivity index (χ1) is 11.0. The van der Waals surface area contributed by atoms with E-state index in [4.69, 9.17) is 0 Å². The third-order valence-corrected chi connectivity index (χ3v) is 4.82. The van der Waals surface area contributed by atoms with Gasteiger partial charge in [0.25, 0.3) is 0 Å². The van der Waals surface area contributed by atoms with Crippen molar-refractivity contribution in [3.05, 3.63) is 51.2 Å². The van der Waals surface area contributed by atoms with Crippen LogP contribution >= 0.6 is 11.3 Å². The molecule has 0 fully saturated rings. The molecule has 3 amide bonds. The lowest BCUT2D eigenvalue weighted by molar-refractivity contribution is -0.115. The fourth-order valence-electron chi connectivity index (χ4n) is 2.60. The van der Waals surface area contributed by atoms with E-state index in [1.54, 1.807) is 11.3 Å². The Labute approximate surface area is 139 Å². The van der Waals surface area contributed by atoms with E-state index in [2.05, 4.69) is 16.0 Å². The van der Waals surface area contributed by atoms with Crippen LogP contribution in [0, 0.1) is 6.92 Å². The van der Waals surface area contributed by atoms with Gasteiger partial charge in [0.1, 0.15) is 0 Å². The summed E-state index contributed by atoms with van der Waals surface area (Å²) in [6.45, 7) is 4.50. The molecule has 120 valence electrons. The summed E-state index contributed by atoms with van der Waals surface area (Å²) < 4.78 is 0. The molecule has 1 atom stereocenters. The molecule has 23 heavy (non-hydrogen) atoms. The van der Waals surface area contributed by atoms with E-state index in [0.29, 0.717) is 13.0 Å². The second-order valence-corrected chi connectivity index (χ2v) is 7.08. The minimum atomic E-state index is -0.196. The van der Waals surface area contributed by atoms with Crippen LogP contribution in [-0.4, -0.2) is 11.9 Å². The molecule has 1 aliphatic rings. The highest BCUT2D eigenvalue weighted by Gasteiger charge is 2.19. The number of carbonyl (C=O) groups excluding carboxylic acids is 2. The number of rotatable bonds is 4. The van der Waals surface area contributed by atoms with Crippen molar-refractivity contribution >= 4 is 29.0 Å². The molecule has 1 unspecified atom stereocenters. The van der Waals surface area contributed by atoms with Crippen LogP contribution in [-0.2, 0) is 17.8 Å². The molecule has 0 aliphatic carbocycles. The maximum atomic E-state index is 12.0. The molecule has 0 saturated carbocycles. The standard InChI is InChI=1S/C17H19N3O2S/c1-10-3-5-14(23-10)9-18-17(22)19-11(2)12-4-6-15-13(7-12)8-16(21)20-15/h3-7,11H,8-9H2,1-2H3,(H,20,21)(H2,18,19,22). The molecule has 1 aliphatic heterocycles. The van der Waals surface area contributed by atoms with Crippen molar-refractivity contribution in [1.29, 1.82) is 0 Å². The normalized spacial score (nSPS) is 14.1. The third kappa shape index (κ3) is 3.71. The average Bonchev–Trinajstić information content (AvgIpc) is 3.08. The van der Waals surface area contributed by atoms with Crippen molar-refractivity contribution in [2.75, 3.05) is 5.32 Å². The van der Waals surface area contributed by atoms with Crippen molar-refractivity contribution in [3.63, 3.8) is 0 Å². The van der Waals surface area contributed by atoms with Crippen LogP contribution in [0.1, 0.15) is 33.8 Å². The lowest BCUT2D eigenvalue weighted by atomic mass is 10.0. The summed E-state index contributed by atoms with van der Waals surface area (Å²) in [5, 5.41) is 8.60. The van der Waals surface area contributed by atoms with Crippen LogP contribution < -0.4 is 16.0 Å². The molecule has 0 bridgehead atoms. The highest BCUT2D eigenvalue weighted by atomic mass is 32.1.